The molecule has 2 heterocycles. The van der Waals surface area contributed by atoms with E-state index in [0.29, 0.717) is 52.3 Å². The first-order valence-electron chi connectivity index (χ1n) is 10.1. The van der Waals surface area contributed by atoms with E-state index in [4.69, 9.17) is 32.9 Å². The van der Waals surface area contributed by atoms with Crippen LogP contribution in [0.2, 0.25) is 10.0 Å². The second kappa shape index (κ2) is 11.4. The summed E-state index contributed by atoms with van der Waals surface area (Å²) < 4.78 is 7.34. The molecule has 32 heavy (non-hydrogen) atoms. The third kappa shape index (κ3) is 6.28. The lowest BCUT2D eigenvalue weighted by molar-refractivity contribution is -0.129. The minimum atomic E-state index is -0.105. The van der Waals surface area contributed by atoms with Crippen LogP contribution in [0.4, 0.5) is 0 Å². The number of furan rings is 1. The van der Waals surface area contributed by atoms with E-state index < -0.39 is 0 Å². The highest BCUT2D eigenvalue weighted by Gasteiger charge is 2.21. The third-order valence-electron chi connectivity index (χ3n) is 4.53. The Balaban J connectivity index is 1.79. The molecule has 0 aliphatic carbocycles. The Kier molecular flexibility index (Phi) is 8.62. The van der Waals surface area contributed by atoms with Crippen molar-refractivity contribution in [2.45, 2.75) is 38.5 Å². The third-order valence-corrected chi connectivity index (χ3v) is 6.03. The fraction of sp³-hybridized carbons (Fsp3) is 0.364. The van der Waals surface area contributed by atoms with Crippen molar-refractivity contribution < 1.29 is 9.21 Å². The van der Waals surface area contributed by atoms with Crippen molar-refractivity contribution >= 4 is 40.9 Å². The lowest BCUT2D eigenvalue weighted by Gasteiger charge is -2.20. The van der Waals surface area contributed by atoms with Crippen LogP contribution in [0.5, 0.6) is 0 Å². The molecule has 0 aliphatic heterocycles. The Morgan fingerprint density at radius 1 is 1.31 bits per heavy atom. The predicted octanol–water partition coefficient (Wildman–Crippen LogP) is 5.54. The molecule has 10 heteroatoms. The van der Waals surface area contributed by atoms with Gasteiger partial charge in [-0.15, -0.1) is 10.2 Å². The van der Waals surface area contributed by atoms with Gasteiger partial charge in [-0.25, -0.2) is 0 Å². The maximum Gasteiger partial charge on any atom is 0.233 e. The molecule has 3 aromatic rings. The summed E-state index contributed by atoms with van der Waals surface area (Å²) in [6.07, 6.45) is 1.81. The van der Waals surface area contributed by atoms with E-state index in [2.05, 4.69) is 30.1 Å². The Hall–Kier alpha value is -2.47. The zero-order valence-corrected chi connectivity index (χ0v) is 20.1. The van der Waals surface area contributed by atoms with E-state index in [1.807, 2.05) is 10.6 Å². The van der Waals surface area contributed by atoms with Gasteiger partial charge in [-0.05, 0) is 36.2 Å². The molecule has 0 aliphatic rings. The molecule has 1 aromatic carbocycles. The molecule has 0 N–H and O–H groups in total. The molecule has 7 nitrogen and oxygen atoms in total. The molecule has 0 atom stereocenters. The van der Waals surface area contributed by atoms with Gasteiger partial charge in [0.25, 0.3) is 0 Å². The van der Waals surface area contributed by atoms with Gasteiger partial charge in [0, 0.05) is 23.7 Å². The zero-order valence-electron chi connectivity index (χ0n) is 17.8. The fourth-order valence-corrected chi connectivity index (χ4v) is 4.42. The van der Waals surface area contributed by atoms with Crippen LogP contribution >= 0.6 is 35.0 Å². The summed E-state index contributed by atoms with van der Waals surface area (Å²) in [6.45, 7) is 5.52. The monoisotopic (exact) mass is 491 g/mol. The van der Waals surface area contributed by atoms with Gasteiger partial charge in [-0.1, -0.05) is 48.8 Å². The van der Waals surface area contributed by atoms with E-state index in [9.17, 15) is 4.79 Å². The Bertz CT molecular complexity index is 1090. The second-order valence-electron chi connectivity index (χ2n) is 7.53. The van der Waals surface area contributed by atoms with Gasteiger partial charge in [-0.3, -0.25) is 4.79 Å². The van der Waals surface area contributed by atoms with Crippen LogP contribution in [0, 0.1) is 17.2 Å². The Labute approximate surface area is 201 Å². The van der Waals surface area contributed by atoms with Gasteiger partial charge >= 0.3 is 0 Å². The summed E-state index contributed by atoms with van der Waals surface area (Å²) in [6, 6.07) is 10.9. The smallest absolute Gasteiger partial charge is 0.233 e. The number of nitriles is 1. The van der Waals surface area contributed by atoms with Crippen molar-refractivity contribution in [3.63, 3.8) is 0 Å². The van der Waals surface area contributed by atoms with Crippen LogP contribution in [0.25, 0.3) is 11.4 Å². The van der Waals surface area contributed by atoms with Crippen molar-refractivity contribution in [1.29, 1.82) is 5.26 Å². The van der Waals surface area contributed by atoms with Gasteiger partial charge in [-0.2, -0.15) is 5.26 Å². The molecule has 0 unspecified atom stereocenters. The molecule has 2 aromatic heterocycles. The van der Waals surface area contributed by atoms with E-state index in [1.165, 1.54) is 11.8 Å². The van der Waals surface area contributed by atoms with Crippen molar-refractivity contribution in [3.8, 4) is 17.5 Å². The van der Waals surface area contributed by atoms with Crippen molar-refractivity contribution in [2.24, 2.45) is 5.92 Å². The number of carbonyl (C=O) groups is 1. The SMILES string of the molecule is CC(C)Cn1c(SCC(=O)N(CCC#N)Cc2ccco2)nnc1-c1ccc(Cl)cc1Cl. The highest BCUT2D eigenvalue weighted by atomic mass is 35.5. The lowest BCUT2D eigenvalue weighted by atomic mass is 10.2. The number of hydrogen-bond acceptors (Lipinski definition) is 6. The largest absolute Gasteiger partial charge is 0.467 e. The lowest BCUT2D eigenvalue weighted by Crippen LogP contribution is -2.32. The Morgan fingerprint density at radius 3 is 2.78 bits per heavy atom. The molecule has 0 bridgehead atoms. The summed E-state index contributed by atoms with van der Waals surface area (Å²) in [5.74, 6) is 1.69. The molecular formula is C22H23Cl2N5O2S. The van der Waals surface area contributed by atoms with Crippen molar-refractivity contribution in [1.82, 2.24) is 19.7 Å². The molecule has 0 fully saturated rings. The predicted molar refractivity (Wildman–Crippen MR) is 125 cm³/mol. The second-order valence-corrected chi connectivity index (χ2v) is 9.31. The maximum absolute atomic E-state index is 12.9. The molecule has 0 saturated heterocycles. The topological polar surface area (TPSA) is 88.0 Å². The van der Waals surface area contributed by atoms with Gasteiger partial charge in [0.15, 0.2) is 11.0 Å². The normalized spacial score (nSPS) is 11.0. The molecule has 0 radical (unpaired) electrons. The van der Waals surface area contributed by atoms with Crippen molar-refractivity contribution in [2.75, 3.05) is 12.3 Å². The van der Waals surface area contributed by atoms with Crippen LogP contribution in [0.1, 0.15) is 26.0 Å². The minimum Gasteiger partial charge on any atom is -0.467 e. The van der Waals surface area contributed by atoms with E-state index in [0.717, 1.165) is 5.56 Å². The van der Waals surface area contributed by atoms with E-state index >= 15 is 0 Å². The summed E-state index contributed by atoms with van der Waals surface area (Å²) in [5.41, 5.74) is 0.732. The molecule has 0 spiro atoms. The number of amides is 1. The van der Waals surface area contributed by atoms with Gasteiger partial charge in [0.1, 0.15) is 5.76 Å². The molecule has 168 valence electrons. The Morgan fingerprint density at radius 2 is 2.12 bits per heavy atom. The van der Waals surface area contributed by atoms with Crippen LogP contribution in [0.15, 0.2) is 46.2 Å². The standard InChI is InChI=1S/C22H23Cl2N5O2S/c1-15(2)12-29-21(18-7-6-16(23)11-19(18)24)26-27-22(29)32-14-20(30)28(9-4-8-25)13-17-5-3-10-31-17/h3,5-7,10-11,15H,4,9,12-14H2,1-2H3. The maximum atomic E-state index is 12.9. The molecule has 3 rings (SSSR count). The number of carbonyl (C=O) groups excluding carboxylic acids is 1. The zero-order chi connectivity index (χ0) is 23.1. The first-order valence-corrected chi connectivity index (χ1v) is 11.8. The minimum absolute atomic E-state index is 0.105. The summed E-state index contributed by atoms with van der Waals surface area (Å²) in [7, 11) is 0. The number of halogens is 2. The number of thioether (sulfide) groups is 1. The first-order chi connectivity index (χ1) is 15.4. The number of rotatable bonds is 10. The first kappa shape index (κ1) is 24.2. The van der Waals surface area contributed by atoms with Crippen molar-refractivity contribution in [3.05, 3.63) is 52.4 Å². The molecule has 0 saturated carbocycles. The van der Waals surface area contributed by atoms with Gasteiger partial charge in [0.05, 0.1) is 36.1 Å². The quantitative estimate of drug-likeness (QED) is 0.346. The van der Waals surface area contributed by atoms with Crippen LogP contribution < -0.4 is 0 Å². The number of aromatic nitrogens is 3. The van der Waals surface area contributed by atoms with Crippen LogP contribution in [-0.4, -0.2) is 37.9 Å². The summed E-state index contributed by atoms with van der Waals surface area (Å²) >= 11 is 13.7. The summed E-state index contributed by atoms with van der Waals surface area (Å²) in [4.78, 5) is 14.5. The van der Waals surface area contributed by atoms with Crippen LogP contribution in [-0.2, 0) is 17.9 Å². The van der Waals surface area contributed by atoms with E-state index in [-0.39, 0.29) is 18.1 Å². The molecular weight excluding hydrogens is 469 g/mol. The summed E-state index contributed by atoms with van der Waals surface area (Å²) in [5, 5.41) is 19.3. The fourth-order valence-electron chi connectivity index (χ4n) is 3.08. The van der Waals surface area contributed by atoms with Crippen LogP contribution in [0.3, 0.4) is 0 Å². The van der Waals surface area contributed by atoms with E-state index in [1.54, 1.807) is 35.4 Å². The number of hydrogen-bond donors (Lipinski definition) is 0. The number of benzene rings is 1. The number of nitrogens with zero attached hydrogens (tertiary/aromatic N) is 5. The van der Waals surface area contributed by atoms with Gasteiger partial charge < -0.3 is 13.9 Å². The highest BCUT2D eigenvalue weighted by molar-refractivity contribution is 7.99. The molecule has 1 amide bonds. The highest BCUT2D eigenvalue weighted by Crippen LogP contribution is 2.32. The average Bonchev–Trinajstić information content (AvgIpc) is 3.39. The van der Waals surface area contributed by atoms with Gasteiger partial charge in [0.2, 0.25) is 5.91 Å². The average molecular weight is 492 g/mol.